The number of nitrogens with one attached hydrogen (secondary N) is 1. The zero-order valence-corrected chi connectivity index (χ0v) is 10.6. The molecule has 1 rings (SSSR count). The molecule has 1 aliphatic carbocycles. The molecule has 0 aromatic rings. The Hall–Kier alpha value is -0.110. The van der Waals surface area contributed by atoms with Gasteiger partial charge in [-0.1, -0.05) is 20.8 Å². The van der Waals surface area contributed by atoms with Crippen molar-refractivity contribution in [2.75, 3.05) is 6.54 Å². The predicted octanol–water partition coefficient (Wildman–Crippen LogP) is 3.54. The van der Waals surface area contributed by atoms with Gasteiger partial charge in [0.2, 0.25) is 0 Å². The molecule has 1 atom stereocenters. The van der Waals surface area contributed by atoms with Crippen molar-refractivity contribution >= 4 is 0 Å². The zero-order chi connectivity index (χ0) is 11.5. The van der Waals surface area contributed by atoms with Crippen molar-refractivity contribution in [3.8, 4) is 0 Å². The molecular weight excluding hydrogens is 189 g/mol. The summed E-state index contributed by atoms with van der Waals surface area (Å²) in [5.41, 5.74) is 0.443. The van der Waals surface area contributed by atoms with Crippen LogP contribution in [-0.2, 0) is 0 Å². The Labute approximate surface area is 93.8 Å². The van der Waals surface area contributed by atoms with E-state index in [1.807, 2.05) is 0 Å². The van der Waals surface area contributed by atoms with Crippen LogP contribution in [0.15, 0.2) is 0 Å². The maximum atomic E-state index is 12.7. The Kier molecular flexibility index (Phi) is 4.57. The molecule has 90 valence electrons. The molecule has 1 N–H and O–H groups in total. The summed E-state index contributed by atoms with van der Waals surface area (Å²) >= 11 is 0. The van der Waals surface area contributed by atoms with E-state index in [0.29, 0.717) is 18.0 Å². The number of halogens is 1. The second-order valence-corrected chi connectivity index (χ2v) is 6.10. The van der Waals surface area contributed by atoms with E-state index in [1.54, 1.807) is 6.92 Å². The van der Waals surface area contributed by atoms with Gasteiger partial charge in [0.25, 0.3) is 0 Å². The maximum Gasteiger partial charge on any atom is 0.110 e. The van der Waals surface area contributed by atoms with Crippen LogP contribution in [0.4, 0.5) is 4.39 Å². The summed E-state index contributed by atoms with van der Waals surface area (Å²) in [5, 5.41) is 3.32. The third-order valence-electron chi connectivity index (χ3n) is 3.64. The van der Waals surface area contributed by atoms with Crippen molar-refractivity contribution in [2.45, 2.75) is 65.6 Å². The summed E-state index contributed by atoms with van der Waals surface area (Å²) in [6.45, 7) is 9.12. The Bertz CT molecular complexity index is 175. The largest absolute Gasteiger partial charge is 0.311 e. The van der Waals surface area contributed by atoms with Crippen LogP contribution in [0.3, 0.4) is 0 Å². The van der Waals surface area contributed by atoms with Crippen LogP contribution in [0.25, 0.3) is 0 Å². The number of hydrogen-bond donors (Lipinski definition) is 1. The first-order valence-corrected chi connectivity index (χ1v) is 6.27. The van der Waals surface area contributed by atoms with Crippen LogP contribution >= 0.6 is 0 Å². The van der Waals surface area contributed by atoms with Crippen molar-refractivity contribution in [1.29, 1.82) is 0 Å². The van der Waals surface area contributed by atoms with Gasteiger partial charge in [0.05, 0.1) is 0 Å². The molecule has 0 aliphatic heterocycles. The van der Waals surface area contributed by atoms with Crippen molar-refractivity contribution < 1.29 is 4.39 Å². The van der Waals surface area contributed by atoms with Crippen LogP contribution in [0.1, 0.15) is 53.4 Å². The van der Waals surface area contributed by atoms with E-state index in [4.69, 9.17) is 0 Å². The van der Waals surface area contributed by atoms with Gasteiger partial charge in [-0.15, -0.1) is 0 Å². The van der Waals surface area contributed by atoms with Crippen molar-refractivity contribution in [3.63, 3.8) is 0 Å². The lowest BCUT2D eigenvalue weighted by atomic mass is 9.71. The van der Waals surface area contributed by atoms with Crippen molar-refractivity contribution in [1.82, 2.24) is 5.32 Å². The molecule has 1 aliphatic rings. The minimum atomic E-state index is -0.717. The smallest absolute Gasteiger partial charge is 0.110 e. The highest BCUT2D eigenvalue weighted by Gasteiger charge is 2.29. The van der Waals surface area contributed by atoms with E-state index in [2.05, 4.69) is 26.1 Å². The average Bonchev–Trinajstić information content (AvgIpc) is 2.14. The van der Waals surface area contributed by atoms with Crippen molar-refractivity contribution in [3.05, 3.63) is 0 Å². The van der Waals surface area contributed by atoms with Gasteiger partial charge in [-0.25, -0.2) is 4.39 Å². The predicted molar refractivity (Wildman–Crippen MR) is 63.8 cm³/mol. The molecule has 0 heterocycles. The standard InChI is InChI=1S/C13H26FN/c1-10(14)9-15-12-7-5-11(6-8-12)13(2,3)4/h10-12,15H,5-9H2,1-4H3. The molecule has 0 amide bonds. The SMILES string of the molecule is CC(F)CNC1CCC(C(C)(C)C)CC1. The number of hydrogen-bond acceptors (Lipinski definition) is 1. The maximum absolute atomic E-state index is 12.7. The summed E-state index contributed by atoms with van der Waals surface area (Å²) in [6.07, 6.45) is 4.30. The lowest BCUT2D eigenvalue weighted by Crippen LogP contribution is -2.38. The second-order valence-electron chi connectivity index (χ2n) is 6.10. The number of rotatable bonds is 3. The van der Waals surface area contributed by atoms with Crippen LogP contribution in [0.2, 0.25) is 0 Å². The molecule has 1 saturated carbocycles. The van der Waals surface area contributed by atoms with Crippen LogP contribution in [0.5, 0.6) is 0 Å². The van der Waals surface area contributed by atoms with Gasteiger partial charge in [-0.3, -0.25) is 0 Å². The highest BCUT2D eigenvalue weighted by atomic mass is 19.1. The van der Waals surface area contributed by atoms with Gasteiger partial charge in [-0.05, 0) is 43.9 Å². The van der Waals surface area contributed by atoms with E-state index in [-0.39, 0.29) is 0 Å². The molecule has 0 saturated heterocycles. The van der Waals surface area contributed by atoms with Crippen LogP contribution in [0, 0.1) is 11.3 Å². The molecule has 1 unspecified atom stereocenters. The average molecular weight is 215 g/mol. The fourth-order valence-corrected chi connectivity index (χ4v) is 2.49. The molecule has 0 bridgehead atoms. The van der Waals surface area contributed by atoms with Gasteiger partial charge in [-0.2, -0.15) is 0 Å². The Morgan fingerprint density at radius 3 is 2.13 bits per heavy atom. The summed E-state index contributed by atoms with van der Waals surface area (Å²) in [6, 6.07) is 0.557. The third-order valence-corrected chi connectivity index (χ3v) is 3.64. The third kappa shape index (κ3) is 4.50. The Morgan fingerprint density at radius 2 is 1.73 bits per heavy atom. The molecular formula is C13H26FN. The molecule has 15 heavy (non-hydrogen) atoms. The fourth-order valence-electron chi connectivity index (χ4n) is 2.49. The van der Waals surface area contributed by atoms with E-state index < -0.39 is 6.17 Å². The normalized spacial score (nSPS) is 30.2. The zero-order valence-electron chi connectivity index (χ0n) is 10.6. The second kappa shape index (κ2) is 5.29. The molecule has 1 nitrogen and oxygen atoms in total. The summed E-state index contributed by atoms with van der Waals surface area (Å²) in [4.78, 5) is 0. The Balaban J connectivity index is 2.24. The van der Waals surface area contributed by atoms with E-state index in [9.17, 15) is 4.39 Å². The van der Waals surface area contributed by atoms with E-state index in [1.165, 1.54) is 25.7 Å². The van der Waals surface area contributed by atoms with Gasteiger partial charge in [0.1, 0.15) is 6.17 Å². The molecule has 0 radical (unpaired) electrons. The van der Waals surface area contributed by atoms with E-state index >= 15 is 0 Å². The first kappa shape index (κ1) is 13.0. The van der Waals surface area contributed by atoms with Crippen molar-refractivity contribution in [2.24, 2.45) is 11.3 Å². The minimum absolute atomic E-state index is 0.443. The van der Waals surface area contributed by atoms with Crippen LogP contribution < -0.4 is 5.32 Å². The highest BCUT2D eigenvalue weighted by molar-refractivity contribution is 4.83. The lowest BCUT2D eigenvalue weighted by Gasteiger charge is -2.37. The van der Waals surface area contributed by atoms with Gasteiger partial charge in [0, 0.05) is 12.6 Å². The first-order chi connectivity index (χ1) is 6.89. The molecule has 2 heteroatoms. The molecule has 0 spiro atoms. The van der Waals surface area contributed by atoms with Gasteiger partial charge in [0.15, 0.2) is 0 Å². The minimum Gasteiger partial charge on any atom is -0.311 e. The van der Waals surface area contributed by atoms with Crippen LogP contribution in [-0.4, -0.2) is 18.8 Å². The summed E-state index contributed by atoms with van der Waals surface area (Å²) in [5.74, 6) is 0.846. The van der Waals surface area contributed by atoms with E-state index in [0.717, 1.165) is 5.92 Å². The molecule has 0 aromatic carbocycles. The summed E-state index contributed by atoms with van der Waals surface area (Å²) < 4.78 is 12.7. The van der Waals surface area contributed by atoms with Gasteiger partial charge < -0.3 is 5.32 Å². The molecule has 0 aromatic heterocycles. The first-order valence-electron chi connectivity index (χ1n) is 6.27. The molecule has 1 fully saturated rings. The number of alkyl halides is 1. The summed E-state index contributed by atoms with van der Waals surface area (Å²) in [7, 11) is 0. The topological polar surface area (TPSA) is 12.0 Å². The fraction of sp³-hybridized carbons (Fsp3) is 1.00. The lowest BCUT2D eigenvalue weighted by molar-refractivity contribution is 0.157. The quantitative estimate of drug-likeness (QED) is 0.759. The van der Waals surface area contributed by atoms with Gasteiger partial charge >= 0.3 is 0 Å². The highest BCUT2D eigenvalue weighted by Crippen LogP contribution is 2.37. The monoisotopic (exact) mass is 215 g/mol. The Morgan fingerprint density at radius 1 is 1.20 bits per heavy atom.